The summed E-state index contributed by atoms with van der Waals surface area (Å²) in [5.74, 6) is 0. The third-order valence-corrected chi connectivity index (χ3v) is 3.60. The third kappa shape index (κ3) is 3.59. The normalized spacial score (nSPS) is 12.4. The smallest absolute Gasteiger partial charge is 0.0459 e. The first-order valence-electron chi connectivity index (χ1n) is 6.80. The lowest BCUT2D eigenvalue weighted by Gasteiger charge is -2.16. The van der Waals surface area contributed by atoms with Crippen LogP contribution in [-0.4, -0.2) is 6.54 Å². The molecule has 2 heteroatoms. The molecule has 0 radical (unpaired) electrons. The van der Waals surface area contributed by atoms with E-state index >= 15 is 0 Å². The monoisotopic (exact) mass is 273 g/mol. The molecule has 0 spiro atoms. The Balaban J connectivity index is 2.22. The molecule has 0 amide bonds. The number of nitrogens with one attached hydrogen (secondary N) is 1. The maximum atomic E-state index is 6.41. The van der Waals surface area contributed by atoms with Gasteiger partial charge in [0, 0.05) is 11.1 Å². The fraction of sp³-hybridized carbons (Fsp3) is 0.294. The van der Waals surface area contributed by atoms with Gasteiger partial charge < -0.3 is 5.32 Å². The molecule has 19 heavy (non-hydrogen) atoms. The minimum absolute atomic E-state index is 0.289. The Bertz CT molecular complexity index is 522. The molecule has 0 aliphatic heterocycles. The number of hydrogen-bond donors (Lipinski definition) is 1. The van der Waals surface area contributed by atoms with Crippen molar-refractivity contribution in [2.24, 2.45) is 0 Å². The second kappa shape index (κ2) is 6.74. The van der Waals surface area contributed by atoms with Crippen LogP contribution in [0.2, 0.25) is 5.02 Å². The van der Waals surface area contributed by atoms with Crippen molar-refractivity contribution in [2.45, 2.75) is 26.3 Å². The quantitative estimate of drug-likeness (QED) is 0.802. The van der Waals surface area contributed by atoms with Crippen LogP contribution in [0.15, 0.2) is 48.5 Å². The second-order valence-electron chi connectivity index (χ2n) is 4.78. The van der Waals surface area contributed by atoms with E-state index in [-0.39, 0.29) is 6.04 Å². The fourth-order valence-corrected chi connectivity index (χ4v) is 2.50. The highest BCUT2D eigenvalue weighted by Gasteiger charge is 2.09. The molecule has 0 fully saturated rings. The average Bonchev–Trinajstić information content (AvgIpc) is 2.45. The first-order valence-corrected chi connectivity index (χ1v) is 7.18. The lowest BCUT2D eigenvalue weighted by molar-refractivity contribution is 0.571. The van der Waals surface area contributed by atoms with E-state index in [0.29, 0.717) is 0 Å². The summed E-state index contributed by atoms with van der Waals surface area (Å²) in [6.07, 6.45) is 1.13. The minimum atomic E-state index is 0.289. The predicted octanol–water partition coefficient (Wildman–Crippen LogP) is 5.07. The predicted molar refractivity (Wildman–Crippen MR) is 83.6 cm³/mol. The van der Waals surface area contributed by atoms with Crippen LogP contribution in [0.25, 0.3) is 11.1 Å². The van der Waals surface area contributed by atoms with Crippen LogP contribution >= 0.6 is 11.6 Å². The van der Waals surface area contributed by atoms with E-state index in [1.165, 1.54) is 5.56 Å². The first kappa shape index (κ1) is 14.1. The van der Waals surface area contributed by atoms with Gasteiger partial charge in [0.05, 0.1) is 0 Å². The molecule has 2 rings (SSSR count). The number of halogens is 1. The molecule has 0 bridgehead atoms. The molecule has 1 unspecified atom stereocenters. The van der Waals surface area contributed by atoms with Gasteiger partial charge in [0.15, 0.2) is 0 Å². The van der Waals surface area contributed by atoms with Crippen LogP contribution in [0.3, 0.4) is 0 Å². The molecule has 0 aliphatic carbocycles. The molecule has 1 nitrogen and oxygen atoms in total. The SMILES string of the molecule is CCCNC(C)c1ccc(-c2ccccc2)cc1Cl. The van der Waals surface area contributed by atoms with Gasteiger partial charge in [-0.3, -0.25) is 0 Å². The first-order chi connectivity index (χ1) is 9.22. The molecule has 0 saturated heterocycles. The molecule has 1 N–H and O–H groups in total. The van der Waals surface area contributed by atoms with Crippen molar-refractivity contribution < 1.29 is 0 Å². The summed E-state index contributed by atoms with van der Waals surface area (Å²) in [7, 11) is 0. The van der Waals surface area contributed by atoms with Gasteiger partial charge in [0.2, 0.25) is 0 Å². The standard InChI is InChI=1S/C17H20ClN/c1-3-11-19-13(2)16-10-9-15(12-17(16)18)14-7-5-4-6-8-14/h4-10,12-13,19H,3,11H2,1-2H3. The minimum Gasteiger partial charge on any atom is -0.310 e. The lowest BCUT2D eigenvalue weighted by atomic mass is 10.0. The third-order valence-electron chi connectivity index (χ3n) is 3.27. The van der Waals surface area contributed by atoms with Gasteiger partial charge in [-0.05, 0) is 42.6 Å². The number of rotatable bonds is 5. The van der Waals surface area contributed by atoms with Gasteiger partial charge in [-0.2, -0.15) is 0 Å². The average molecular weight is 274 g/mol. The van der Waals surface area contributed by atoms with Crippen LogP contribution in [0, 0.1) is 0 Å². The van der Waals surface area contributed by atoms with E-state index in [1.54, 1.807) is 0 Å². The Hall–Kier alpha value is -1.31. The summed E-state index contributed by atoms with van der Waals surface area (Å²) >= 11 is 6.41. The highest BCUT2D eigenvalue weighted by atomic mass is 35.5. The van der Waals surface area contributed by atoms with Crippen LogP contribution in [0.1, 0.15) is 31.9 Å². The van der Waals surface area contributed by atoms with Gasteiger partial charge in [-0.15, -0.1) is 0 Å². The summed E-state index contributed by atoms with van der Waals surface area (Å²) < 4.78 is 0. The molecule has 0 aliphatic rings. The summed E-state index contributed by atoms with van der Waals surface area (Å²) in [6, 6.07) is 16.9. The maximum Gasteiger partial charge on any atom is 0.0459 e. The Morgan fingerprint density at radius 3 is 2.42 bits per heavy atom. The summed E-state index contributed by atoms with van der Waals surface area (Å²) in [5.41, 5.74) is 3.52. The molecular weight excluding hydrogens is 254 g/mol. The van der Waals surface area contributed by atoms with Crippen LogP contribution < -0.4 is 5.32 Å². The van der Waals surface area contributed by atoms with Crippen molar-refractivity contribution in [3.8, 4) is 11.1 Å². The molecule has 2 aromatic rings. The topological polar surface area (TPSA) is 12.0 Å². The second-order valence-corrected chi connectivity index (χ2v) is 5.19. The Morgan fingerprint density at radius 1 is 1.05 bits per heavy atom. The largest absolute Gasteiger partial charge is 0.310 e. The zero-order chi connectivity index (χ0) is 13.7. The van der Waals surface area contributed by atoms with Crippen LogP contribution in [-0.2, 0) is 0 Å². The summed E-state index contributed by atoms with van der Waals surface area (Å²) in [6.45, 7) is 5.33. The van der Waals surface area contributed by atoms with Crippen LogP contribution in [0.4, 0.5) is 0 Å². The zero-order valence-electron chi connectivity index (χ0n) is 11.5. The molecule has 1 atom stereocenters. The molecular formula is C17H20ClN. The lowest BCUT2D eigenvalue weighted by Crippen LogP contribution is -2.19. The van der Waals surface area contributed by atoms with Gasteiger partial charge in [-0.25, -0.2) is 0 Å². The van der Waals surface area contributed by atoms with E-state index in [4.69, 9.17) is 11.6 Å². The van der Waals surface area contributed by atoms with Gasteiger partial charge in [0.25, 0.3) is 0 Å². The van der Waals surface area contributed by atoms with Crippen molar-refractivity contribution in [2.75, 3.05) is 6.54 Å². The molecule has 0 aromatic heterocycles. The highest BCUT2D eigenvalue weighted by Crippen LogP contribution is 2.28. The Morgan fingerprint density at radius 2 is 1.79 bits per heavy atom. The summed E-state index contributed by atoms with van der Waals surface area (Å²) in [5, 5.41) is 4.30. The summed E-state index contributed by atoms with van der Waals surface area (Å²) in [4.78, 5) is 0. The Kier molecular flexibility index (Phi) is 5.00. The van der Waals surface area contributed by atoms with Crippen molar-refractivity contribution in [3.63, 3.8) is 0 Å². The maximum absolute atomic E-state index is 6.41. The number of benzene rings is 2. The van der Waals surface area contributed by atoms with E-state index in [1.807, 2.05) is 18.2 Å². The van der Waals surface area contributed by atoms with Crippen LogP contribution in [0.5, 0.6) is 0 Å². The molecule has 2 aromatic carbocycles. The van der Waals surface area contributed by atoms with Gasteiger partial charge >= 0.3 is 0 Å². The van der Waals surface area contributed by atoms with Crippen molar-refractivity contribution in [3.05, 3.63) is 59.1 Å². The van der Waals surface area contributed by atoms with Crippen molar-refractivity contribution in [1.82, 2.24) is 5.32 Å². The van der Waals surface area contributed by atoms with E-state index in [9.17, 15) is 0 Å². The Labute approximate surface area is 120 Å². The van der Waals surface area contributed by atoms with E-state index in [2.05, 4.69) is 49.5 Å². The highest BCUT2D eigenvalue weighted by molar-refractivity contribution is 6.31. The van der Waals surface area contributed by atoms with Crippen molar-refractivity contribution >= 4 is 11.6 Å². The zero-order valence-corrected chi connectivity index (χ0v) is 12.2. The van der Waals surface area contributed by atoms with Gasteiger partial charge in [0.1, 0.15) is 0 Å². The molecule has 0 heterocycles. The van der Waals surface area contributed by atoms with Gasteiger partial charge in [-0.1, -0.05) is 61.0 Å². The van der Waals surface area contributed by atoms with Crippen molar-refractivity contribution in [1.29, 1.82) is 0 Å². The fourth-order valence-electron chi connectivity index (χ4n) is 2.16. The van der Waals surface area contributed by atoms with E-state index in [0.717, 1.165) is 29.1 Å². The molecule has 0 saturated carbocycles. The molecule has 100 valence electrons. The van der Waals surface area contributed by atoms with E-state index < -0.39 is 0 Å². The number of hydrogen-bond acceptors (Lipinski definition) is 1.